The highest BCUT2D eigenvalue weighted by atomic mass is 16.4. The number of nitrogens with zero attached hydrogens (tertiary/aromatic N) is 4. The van der Waals surface area contributed by atoms with E-state index >= 15 is 0 Å². The molecule has 0 amide bonds. The van der Waals surface area contributed by atoms with E-state index in [1.165, 1.54) is 0 Å². The van der Waals surface area contributed by atoms with Crippen LogP contribution in [0.15, 0.2) is 10.6 Å². The second kappa shape index (κ2) is 4.61. The Hall–Kier alpha value is -1.85. The quantitative estimate of drug-likeness (QED) is 0.911. The summed E-state index contributed by atoms with van der Waals surface area (Å²) in [6, 6.07) is 0. The molecular weight excluding hydrogens is 254 g/mol. The van der Waals surface area contributed by atoms with Crippen LogP contribution in [0.2, 0.25) is 0 Å². The van der Waals surface area contributed by atoms with Crippen LogP contribution >= 0.6 is 0 Å². The molecule has 2 heterocycles. The first-order chi connectivity index (χ1) is 9.09. The van der Waals surface area contributed by atoms with Crippen LogP contribution in [-0.2, 0) is 17.4 Å². The minimum Gasteiger partial charge on any atom is -0.443 e. The molecule has 0 atom stereocenters. The zero-order valence-corrected chi connectivity index (χ0v) is 13.1. The largest absolute Gasteiger partial charge is 0.443 e. The standard InChI is InChI=1S/C14H23N5O/c1-13(2,3)9-7-16-10(20-9)8-19-11(14(4,5)6)12(15)17-18-19/h7H,8,15H2,1-6H3. The topological polar surface area (TPSA) is 82.8 Å². The fourth-order valence-corrected chi connectivity index (χ4v) is 2.07. The van der Waals surface area contributed by atoms with Gasteiger partial charge in [0.05, 0.1) is 11.9 Å². The third-order valence-electron chi connectivity index (χ3n) is 3.05. The lowest BCUT2D eigenvalue weighted by molar-refractivity contribution is 0.366. The molecule has 0 aliphatic heterocycles. The molecule has 20 heavy (non-hydrogen) atoms. The lowest BCUT2D eigenvalue weighted by Crippen LogP contribution is -2.20. The first-order valence-electron chi connectivity index (χ1n) is 6.73. The van der Waals surface area contributed by atoms with Crippen LogP contribution in [0.25, 0.3) is 0 Å². The van der Waals surface area contributed by atoms with E-state index in [0.717, 1.165) is 11.5 Å². The molecule has 0 aliphatic rings. The van der Waals surface area contributed by atoms with Gasteiger partial charge in [-0.15, -0.1) is 5.10 Å². The fraction of sp³-hybridized carbons (Fsp3) is 0.643. The van der Waals surface area contributed by atoms with Crippen LogP contribution in [0, 0.1) is 0 Å². The minimum absolute atomic E-state index is 0.0561. The van der Waals surface area contributed by atoms with Gasteiger partial charge in [-0.2, -0.15) is 0 Å². The third-order valence-corrected chi connectivity index (χ3v) is 3.05. The zero-order chi connectivity index (χ0) is 15.1. The summed E-state index contributed by atoms with van der Waals surface area (Å²) < 4.78 is 7.55. The van der Waals surface area contributed by atoms with E-state index in [-0.39, 0.29) is 10.8 Å². The Balaban J connectivity index is 2.30. The van der Waals surface area contributed by atoms with Crippen molar-refractivity contribution < 1.29 is 4.42 Å². The maximum Gasteiger partial charge on any atom is 0.216 e. The van der Waals surface area contributed by atoms with Crippen LogP contribution in [0.5, 0.6) is 0 Å². The molecule has 0 saturated heterocycles. The van der Waals surface area contributed by atoms with E-state index in [1.807, 2.05) is 0 Å². The molecule has 0 unspecified atom stereocenters. The lowest BCUT2D eigenvalue weighted by atomic mass is 9.92. The molecule has 2 aromatic rings. The molecule has 2 rings (SSSR count). The van der Waals surface area contributed by atoms with E-state index in [0.29, 0.717) is 18.3 Å². The van der Waals surface area contributed by atoms with Gasteiger partial charge in [-0.3, -0.25) is 0 Å². The monoisotopic (exact) mass is 277 g/mol. The number of rotatable bonds is 2. The van der Waals surface area contributed by atoms with Gasteiger partial charge in [0.1, 0.15) is 12.3 Å². The SMILES string of the molecule is CC(C)(C)c1cnc(Cn2nnc(N)c2C(C)(C)C)o1. The molecule has 110 valence electrons. The highest BCUT2D eigenvalue weighted by molar-refractivity contribution is 5.38. The number of hydrogen-bond acceptors (Lipinski definition) is 5. The molecule has 6 heteroatoms. The fourth-order valence-electron chi connectivity index (χ4n) is 2.07. The number of oxazole rings is 1. The van der Waals surface area contributed by atoms with Gasteiger partial charge in [0.15, 0.2) is 5.82 Å². The molecule has 0 spiro atoms. The highest BCUT2D eigenvalue weighted by Crippen LogP contribution is 2.27. The van der Waals surface area contributed by atoms with Gasteiger partial charge in [-0.1, -0.05) is 46.8 Å². The number of hydrogen-bond donors (Lipinski definition) is 1. The third kappa shape index (κ3) is 2.84. The first kappa shape index (κ1) is 14.6. The van der Waals surface area contributed by atoms with E-state index in [1.54, 1.807) is 10.9 Å². The van der Waals surface area contributed by atoms with Crippen molar-refractivity contribution >= 4 is 5.82 Å². The van der Waals surface area contributed by atoms with Gasteiger partial charge < -0.3 is 10.2 Å². The van der Waals surface area contributed by atoms with Gasteiger partial charge in [-0.05, 0) is 0 Å². The van der Waals surface area contributed by atoms with Crippen LogP contribution in [-0.4, -0.2) is 20.0 Å². The van der Waals surface area contributed by atoms with Gasteiger partial charge in [0.2, 0.25) is 5.89 Å². The van der Waals surface area contributed by atoms with Crippen molar-refractivity contribution in [1.29, 1.82) is 0 Å². The summed E-state index contributed by atoms with van der Waals surface area (Å²) in [4.78, 5) is 4.31. The molecule has 6 nitrogen and oxygen atoms in total. The Morgan fingerprint density at radius 1 is 1.15 bits per heavy atom. The van der Waals surface area contributed by atoms with Crippen LogP contribution in [0.3, 0.4) is 0 Å². The van der Waals surface area contributed by atoms with Gasteiger partial charge in [0, 0.05) is 10.8 Å². The summed E-state index contributed by atoms with van der Waals surface area (Å²) in [7, 11) is 0. The molecule has 2 aromatic heterocycles. The van der Waals surface area contributed by atoms with Crippen LogP contribution in [0.4, 0.5) is 5.82 Å². The summed E-state index contributed by atoms with van der Waals surface area (Å²) in [5, 5.41) is 8.05. The van der Waals surface area contributed by atoms with Crippen molar-refractivity contribution in [2.45, 2.75) is 58.9 Å². The Bertz CT molecular complexity index is 598. The Morgan fingerprint density at radius 3 is 2.30 bits per heavy atom. The van der Waals surface area contributed by atoms with E-state index in [9.17, 15) is 0 Å². The molecular formula is C14H23N5O. The van der Waals surface area contributed by atoms with Gasteiger partial charge in [0.25, 0.3) is 0 Å². The summed E-state index contributed by atoms with van der Waals surface area (Å²) >= 11 is 0. The second-order valence-corrected chi connectivity index (χ2v) is 7.10. The van der Waals surface area contributed by atoms with Crippen LogP contribution in [0.1, 0.15) is 58.9 Å². The van der Waals surface area contributed by atoms with Crippen molar-refractivity contribution in [3.05, 3.63) is 23.5 Å². The summed E-state index contributed by atoms with van der Waals surface area (Å²) in [5.74, 6) is 1.93. The normalized spacial score (nSPS) is 12.9. The average Bonchev–Trinajstić information content (AvgIpc) is 2.84. The zero-order valence-electron chi connectivity index (χ0n) is 13.1. The molecule has 0 radical (unpaired) electrons. The number of aromatic nitrogens is 4. The molecule has 0 bridgehead atoms. The maximum absolute atomic E-state index is 5.91. The Labute approximate surface area is 119 Å². The number of anilines is 1. The molecule has 0 saturated carbocycles. The van der Waals surface area contributed by atoms with E-state index < -0.39 is 0 Å². The van der Waals surface area contributed by atoms with Crippen molar-refractivity contribution in [3.8, 4) is 0 Å². The molecule has 0 aliphatic carbocycles. The van der Waals surface area contributed by atoms with Gasteiger partial charge >= 0.3 is 0 Å². The van der Waals surface area contributed by atoms with E-state index in [2.05, 4.69) is 56.8 Å². The lowest BCUT2D eigenvalue weighted by Gasteiger charge is -2.19. The highest BCUT2D eigenvalue weighted by Gasteiger charge is 2.25. The van der Waals surface area contributed by atoms with Crippen molar-refractivity contribution in [2.75, 3.05) is 5.73 Å². The van der Waals surface area contributed by atoms with Crippen molar-refractivity contribution in [1.82, 2.24) is 20.0 Å². The summed E-state index contributed by atoms with van der Waals surface area (Å²) in [6.45, 7) is 12.9. The Kier molecular flexibility index (Phi) is 3.36. The smallest absolute Gasteiger partial charge is 0.216 e. The predicted molar refractivity (Wildman–Crippen MR) is 77.4 cm³/mol. The van der Waals surface area contributed by atoms with Crippen molar-refractivity contribution in [3.63, 3.8) is 0 Å². The Morgan fingerprint density at radius 2 is 1.80 bits per heavy atom. The van der Waals surface area contributed by atoms with Gasteiger partial charge in [-0.25, -0.2) is 9.67 Å². The molecule has 0 aromatic carbocycles. The van der Waals surface area contributed by atoms with E-state index in [4.69, 9.17) is 10.2 Å². The number of nitrogen functional groups attached to an aromatic ring is 1. The predicted octanol–water partition coefficient (Wildman–Crippen LogP) is 2.49. The number of nitrogens with two attached hydrogens (primary N) is 1. The summed E-state index contributed by atoms with van der Waals surface area (Å²) in [6.07, 6.45) is 1.77. The maximum atomic E-state index is 5.91. The molecule has 2 N–H and O–H groups in total. The van der Waals surface area contributed by atoms with Crippen LogP contribution < -0.4 is 5.73 Å². The van der Waals surface area contributed by atoms with Crippen molar-refractivity contribution in [2.24, 2.45) is 0 Å². The minimum atomic E-state index is -0.132. The average molecular weight is 277 g/mol. The summed E-state index contributed by atoms with van der Waals surface area (Å²) in [5.41, 5.74) is 6.62. The second-order valence-electron chi connectivity index (χ2n) is 7.10. The molecule has 0 fully saturated rings. The first-order valence-corrected chi connectivity index (χ1v) is 6.73.